The highest BCUT2D eigenvalue weighted by atomic mass is 19.1. The highest BCUT2D eigenvalue weighted by Crippen LogP contribution is 2.17. The number of carbonyl (C=O) groups is 2. The topological polar surface area (TPSA) is 55.4 Å². The lowest BCUT2D eigenvalue weighted by Crippen LogP contribution is -2.24. The molecule has 0 aliphatic carbocycles. The minimum absolute atomic E-state index is 0.328. The molecule has 0 saturated heterocycles. The summed E-state index contributed by atoms with van der Waals surface area (Å²) in [7, 11) is 1.44. The minimum Gasteiger partial charge on any atom is -0.452 e. The number of halogens is 1. The van der Waals surface area contributed by atoms with Crippen LogP contribution in [0, 0.1) is 5.82 Å². The van der Waals surface area contributed by atoms with Crippen LogP contribution in [-0.2, 0) is 14.3 Å². The molecule has 0 saturated carbocycles. The van der Waals surface area contributed by atoms with E-state index in [2.05, 4.69) is 10.1 Å². The van der Waals surface area contributed by atoms with Gasteiger partial charge in [0.15, 0.2) is 6.61 Å². The Bertz CT molecular complexity index is 483. The molecule has 0 atom stereocenters. The van der Waals surface area contributed by atoms with Gasteiger partial charge in [-0.3, -0.25) is 4.79 Å². The number of hydrogen-bond donors (Lipinski definition) is 1. The van der Waals surface area contributed by atoms with Crippen molar-refractivity contribution in [2.75, 3.05) is 13.7 Å². The summed E-state index contributed by atoms with van der Waals surface area (Å²) < 4.78 is 18.1. The van der Waals surface area contributed by atoms with E-state index in [1.807, 2.05) is 0 Å². The second kappa shape index (κ2) is 6.54. The van der Waals surface area contributed by atoms with Gasteiger partial charge in [-0.15, -0.1) is 0 Å². The van der Waals surface area contributed by atoms with Gasteiger partial charge < -0.3 is 10.1 Å². The molecular weight excluding hydrogens is 237 g/mol. The number of benzene rings is 1. The predicted molar refractivity (Wildman–Crippen MR) is 65.1 cm³/mol. The van der Waals surface area contributed by atoms with E-state index in [0.717, 1.165) is 6.08 Å². The van der Waals surface area contributed by atoms with Crippen LogP contribution in [0.4, 0.5) is 4.39 Å². The first kappa shape index (κ1) is 13.9. The molecule has 0 spiro atoms. The summed E-state index contributed by atoms with van der Waals surface area (Å²) in [4.78, 5) is 22.2. The van der Waals surface area contributed by atoms with Gasteiger partial charge in [0.25, 0.3) is 5.91 Å². The normalized spacial score (nSPS) is 10.9. The summed E-state index contributed by atoms with van der Waals surface area (Å²) >= 11 is 0. The van der Waals surface area contributed by atoms with Crippen LogP contribution in [0.2, 0.25) is 0 Å². The largest absolute Gasteiger partial charge is 0.452 e. The summed E-state index contributed by atoms with van der Waals surface area (Å²) in [6.45, 7) is 1.25. The van der Waals surface area contributed by atoms with Crippen LogP contribution in [0.3, 0.4) is 0 Å². The number of esters is 1. The highest BCUT2D eigenvalue weighted by molar-refractivity contribution is 5.92. The van der Waals surface area contributed by atoms with Crippen molar-refractivity contribution in [3.63, 3.8) is 0 Å². The molecule has 0 aliphatic rings. The van der Waals surface area contributed by atoms with Crippen LogP contribution < -0.4 is 5.32 Å². The van der Waals surface area contributed by atoms with Gasteiger partial charge in [0.05, 0.1) is 0 Å². The molecule has 18 heavy (non-hydrogen) atoms. The third-order valence-corrected chi connectivity index (χ3v) is 2.26. The maximum atomic E-state index is 13.4. The molecule has 96 valence electrons. The molecule has 1 aromatic rings. The van der Waals surface area contributed by atoms with E-state index in [0.29, 0.717) is 11.1 Å². The zero-order chi connectivity index (χ0) is 13.5. The standard InChI is InChI=1S/C13H14FNO3/c1-9(10-5-3-4-6-11(10)14)7-13(17)18-8-12(16)15-2/h3-7H,8H2,1-2H3,(H,15,16). The summed E-state index contributed by atoms with van der Waals surface area (Å²) in [5.41, 5.74) is 0.768. The average molecular weight is 251 g/mol. The first-order valence-electron chi connectivity index (χ1n) is 5.35. The van der Waals surface area contributed by atoms with Crippen LogP contribution >= 0.6 is 0 Å². The Kier molecular flexibility index (Phi) is 5.05. The molecule has 1 N–H and O–H groups in total. The van der Waals surface area contributed by atoms with Gasteiger partial charge >= 0.3 is 5.97 Å². The first-order chi connectivity index (χ1) is 8.54. The molecule has 0 heterocycles. The zero-order valence-electron chi connectivity index (χ0n) is 10.2. The molecule has 4 nitrogen and oxygen atoms in total. The number of likely N-dealkylation sites (N-methyl/N-ethyl adjacent to an activating group) is 1. The Hall–Kier alpha value is -2.17. The molecule has 1 rings (SSSR count). The van der Waals surface area contributed by atoms with Crippen LogP contribution in [-0.4, -0.2) is 25.5 Å². The number of ether oxygens (including phenoxy) is 1. The van der Waals surface area contributed by atoms with E-state index >= 15 is 0 Å². The summed E-state index contributed by atoms with van der Waals surface area (Å²) in [6.07, 6.45) is 1.15. The minimum atomic E-state index is -0.681. The van der Waals surface area contributed by atoms with Crippen LogP contribution in [0.1, 0.15) is 12.5 Å². The van der Waals surface area contributed by atoms with Gasteiger partial charge in [-0.2, -0.15) is 0 Å². The van der Waals surface area contributed by atoms with Crippen LogP contribution in [0.5, 0.6) is 0 Å². The fourth-order valence-corrected chi connectivity index (χ4v) is 1.29. The number of rotatable bonds is 4. The molecule has 1 amide bonds. The van der Waals surface area contributed by atoms with Gasteiger partial charge in [0, 0.05) is 18.7 Å². The molecule has 5 heteroatoms. The first-order valence-corrected chi connectivity index (χ1v) is 5.35. The second-order valence-corrected chi connectivity index (χ2v) is 3.59. The molecule has 0 radical (unpaired) electrons. The monoisotopic (exact) mass is 251 g/mol. The van der Waals surface area contributed by atoms with Crippen molar-refractivity contribution in [1.82, 2.24) is 5.32 Å². The fraction of sp³-hybridized carbons (Fsp3) is 0.231. The summed E-state index contributed by atoms with van der Waals surface area (Å²) in [5, 5.41) is 2.32. The lowest BCUT2D eigenvalue weighted by Gasteiger charge is -2.04. The van der Waals surface area contributed by atoms with E-state index in [1.165, 1.54) is 13.1 Å². The van der Waals surface area contributed by atoms with E-state index < -0.39 is 17.7 Å². The Balaban J connectivity index is 2.69. The van der Waals surface area contributed by atoms with Gasteiger partial charge in [-0.05, 0) is 18.6 Å². The Morgan fingerprint density at radius 2 is 2.06 bits per heavy atom. The van der Waals surface area contributed by atoms with E-state index in [4.69, 9.17) is 0 Å². The molecule has 0 aliphatic heterocycles. The van der Waals surface area contributed by atoms with Crippen molar-refractivity contribution in [1.29, 1.82) is 0 Å². The smallest absolute Gasteiger partial charge is 0.331 e. The lowest BCUT2D eigenvalue weighted by molar-refractivity contribution is -0.143. The number of nitrogens with one attached hydrogen (secondary N) is 1. The van der Waals surface area contributed by atoms with E-state index in [1.54, 1.807) is 25.1 Å². The SMILES string of the molecule is CNC(=O)COC(=O)C=C(C)c1ccccc1F. The number of amides is 1. The van der Waals surface area contributed by atoms with Crippen molar-refractivity contribution in [3.8, 4) is 0 Å². The van der Waals surface area contributed by atoms with Crippen molar-refractivity contribution < 1.29 is 18.7 Å². The van der Waals surface area contributed by atoms with Crippen LogP contribution in [0.15, 0.2) is 30.3 Å². The molecule has 0 aromatic heterocycles. The Morgan fingerprint density at radius 1 is 1.39 bits per heavy atom. The van der Waals surface area contributed by atoms with Gasteiger partial charge in [0.1, 0.15) is 5.82 Å². The fourth-order valence-electron chi connectivity index (χ4n) is 1.29. The molecular formula is C13H14FNO3. The Morgan fingerprint density at radius 3 is 2.67 bits per heavy atom. The van der Waals surface area contributed by atoms with Crippen molar-refractivity contribution >= 4 is 17.4 Å². The number of allylic oxidation sites excluding steroid dienone is 1. The maximum Gasteiger partial charge on any atom is 0.331 e. The molecule has 0 bridgehead atoms. The highest BCUT2D eigenvalue weighted by Gasteiger charge is 2.07. The van der Waals surface area contributed by atoms with Crippen molar-refractivity contribution in [2.24, 2.45) is 0 Å². The summed E-state index contributed by atoms with van der Waals surface area (Å²) in [5.74, 6) is -1.50. The van der Waals surface area contributed by atoms with Gasteiger partial charge in [0.2, 0.25) is 0 Å². The predicted octanol–water partition coefficient (Wildman–Crippen LogP) is 1.52. The quantitative estimate of drug-likeness (QED) is 0.652. The van der Waals surface area contributed by atoms with E-state index in [9.17, 15) is 14.0 Å². The van der Waals surface area contributed by atoms with Gasteiger partial charge in [-0.25, -0.2) is 9.18 Å². The maximum absolute atomic E-state index is 13.4. The number of carbonyl (C=O) groups excluding carboxylic acids is 2. The van der Waals surface area contributed by atoms with Crippen molar-refractivity contribution in [3.05, 3.63) is 41.7 Å². The second-order valence-electron chi connectivity index (χ2n) is 3.59. The van der Waals surface area contributed by atoms with Gasteiger partial charge in [-0.1, -0.05) is 18.2 Å². The molecule has 0 fully saturated rings. The molecule has 1 aromatic carbocycles. The number of hydrogen-bond acceptors (Lipinski definition) is 3. The summed E-state index contributed by atoms with van der Waals surface area (Å²) in [6, 6.07) is 6.11. The Labute approximate surface area is 104 Å². The third-order valence-electron chi connectivity index (χ3n) is 2.26. The zero-order valence-corrected chi connectivity index (χ0v) is 10.2. The van der Waals surface area contributed by atoms with Crippen molar-refractivity contribution in [2.45, 2.75) is 6.92 Å². The lowest BCUT2D eigenvalue weighted by atomic mass is 10.1. The molecule has 0 unspecified atom stereocenters. The van der Waals surface area contributed by atoms with Crippen LogP contribution in [0.25, 0.3) is 5.57 Å². The average Bonchev–Trinajstić information content (AvgIpc) is 2.36. The van der Waals surface area contributed by atoms with E-state index in [-0.39, 0.29) is 6.61 Å². The third kappa shape index (κ3) is 4.01.